The van der Waals surface area contributed by atoms with Gasteiger partial charge in [0.05, 0.1) is 18.6 Å². The molecule has 29 heavy (non-hydrogen) atoms. The summed E-state index contributed by atoms with van der Waals surface area (Å²) in [5, 5.41) is 37.1. The van der Waals surface area contributed by atoms with Gasteiger partial charge in [0.1, 0.15) is 12.1 Å². The number of carbonyl (C=O) groups is 5. The number of hydrogen-bond acceptors (Lipinski definition) is 8. The first kappa shape index (κ1) is 24.7. The van der Waals surface area contributed by atoms with Gasteiger partial charge in [0.15, 0.2) is 6.04 Å². The zero-order chi connectivity index (χ0) is 22.1. The number of hydrogen-bond donors (Lipinski definition) is 8. The maximum Gasteiger partial charge on any atom is 0.328 e. The van der Waals surface area contributed by atoms with Crippen molar-refractivity contribution >= 4 is 42.3 Å². The molecule has 0 bridgehead atoms. The molecule has 0 aromatic heterocycles. The van der Waals surface area contributed by atoms with Gasteiger partial charge in [0.25, 0.3) is 0 Å². The highest BCUT2D eigenvalue weighted by Gasteiger charge is 2.33. The van der Waals surface area contributed by atoms with Crippen LogP contribution in [0.25, 0.3) is 0 Å². The normalized spacial score (nSPS) is 20.0. The summed E-state index contributed by atoms with van der Waals surface area (Å²) in [5.74, 6) is -5.44. The van der Waals surface area contributed by atoms with E-state index < -0.39 is 66.4 Å². The molecule has 1 aliphatic rings. The van der Waals surface area contributed by atoms with Gasteiger partial charge < -0.3 is 36.6 Å². The molecule has 5 atom stereocenters. The topological polar surface area (TPSA) is 194 Å². The molecule has 1 aliphatic heterocycles. The maximum atomic E-state index is 12.5. The number of carboxylic acid groups (broad SMARTS) is 2. The first-order valence-corrected chi connectivity index (χ1v) is 9.58. The molecule has 1 fully saturated rings. The third kappa shape index (κ3) is 7.87. The van der Waals surface area contributed by atoms with Gasteiger partial charge >= 0.3 is 11.9 Å². The Labute approximate surface area is 172 Å². The highest BCUT2D eigenvalue weighted by Crippen LogP contribution is 2.06. The van der Waals surface area contributed by atoms with Crippen LogP contribution in [0.4, 0.5) is 0 Å². The van der Waals surface area contributed by atoms with E-state index in [1.165, 1.54) is 6.92 Å². The molecule has 3 amide bonds. The third-order valence-corrected chi connectivity index (χ3v) is 4.62. The molecule has 0 aromatic carbocycles. The Morgan fingerprint density at radius 3 is 2.14 bits per heavy atom. The third-order valence-electron chi connectivity index (χ3n) is 4.25. The van der Waals surface area contributed by atoms with Crippen LogP contribution in [0.15, 0.2) is 0 Å². The molecule has 0 aliphatic carbocycles. The number of nitrogens with one attached hydrogen (secondary N) is 4. The van der Waals surface area contributed by atoms with E-state index in [0.29, 0.717) is 13.0 Å². The van der Waals surface area contributed by atoms with E-state index in [4.69, 9.17) is 10.2 Å². The molecule has 0 aromatic rings. The Balaban J connectivity index is 2.80. The Kier molecular flexibility index (Phi) is 9.85. The van der Waals surface area contributed by atoms with Crippen molar-refractivity contribution < 1.29 is 39.3 Å². The molecule has 0 radical (unpaired) electrons. The van der Waals surface area contributed by atoms with Crippen molar-refractivity contribution in [1.29, 1.82) is 0 Å². The molecular weight excluding hydrogens is 408 g/mol. The molecule has 1 rings (SSSR count). The highest BCUT2D eigenvalue weighted by molar-refractivity contribution is 7.80. The fraction of sp³-hybridized carbons (Fsp3) is 0.688. The second kappa shape index (κ2) is 11.6. The molecule has 164 valence electrons. The minimum atomic E-state index is -1.61. The van der Waals surface area contributed by atoms with Crippen LogP contribution in [0.2, 0.25) is 0 Å². The predicted octanol–water partition coefficient (Wildman–Crippen LogP) is -2.94. The lowest BCUT2D eigenvalue weighted by molar-refractivity contribution is -0.145. The lowest BCUT2D eigenvalue weighted by Crippen LogP contribution is -2.59. The smallest absolute Gasteiger partial charge is 0.328 e. The summed E-state index contributed by atoms with van der Waals surface area (Å²) in [4.78, 5) is 59.1. The number of aliphatic carboxylic acids is 2. The quantitative estimate of drug-likeness (QED) is 0.157. The SMILES string of the molecule is CC(O)C(NC(=O)C(CS)NC(=O)C(CC(=O)O)NC(=O)C1CCCN1)C(=O)O. The largest absolute Gasteiger partial charge is 0.481 e. The lowest BCUT2D eigenvalue weighted by Gasteiger charge is -2.24. The zero-order valence-corrected chi connectivity index (χ0v) is 16.6. The van der Waals surface area contributed by atoms with Crippen molar-refractivity contribution in [3.05, 3.63) is 0 Å². The van der Waals surface area contributed by atoms with Crippen molar-refractivity contribution in [2.45, 2.75) is 56.5 Å². The van der Waals surface area contributed by atoms with E-state index >= 15 is 0 Å². The zero-order valence-electron chi connectivity index (χ0n) is 15.8. The van der Waals surface area contributed by atoms with Gasteiger partial charge in [0.2, 0.25) is 17.7 Å². The van der Waals surface area contributed by atoms with Crippen molar-refractivity contribution in [2.75, 3.05) is 12.3 Å². The highest BCUT2D eigenvalue weighted by atomic mass is 32.1. The van der Waals surface area contributed by atoms with Crippen LogP contribution >= 0.6 is 12.6 Å². The van der Waals surface area contributed by atoms with Gasteiger partial charge in [-0.1, -0.05) is 0 Å². The molecule has 12 nitrogen and oxygen atoms in total. The Hall–Kier alpha value is -2.38. The van der Waals surface area contributed by atoms with Gasteiger partial charge in [0, 0.05) is 5.75 Å². The van der Waals surface area contributed by atoms with Crippen LogP contribution in [-0.2, 0) is 24.0 Å². The number of carbonyl (C=O) groups excluding carboxylic acids is 3. The molecule has 13 heteroatoms. The van der Waals surface area contributed by atoms with Crippen LogP contribution in [0.3, 0.4) is 0 Å². The van der Waals surface area contributed by atoms with Crippen molar-refractivity contribution in [2.24, 2.45) is 0 Å². The number of amides is 3. The second-order valence-electron chi connectivity index (χ2n) is 6.62. The first-order valence-electron chi connectivity index (χ1n) is 8.94. The van der Waals surface area contributed by atoms with Crippen LogP contribution in [0.1, 0.15) is 26.2 Å². The molecule has 1 saturated heterocycles. The van der Waals surface area contributed by atoms with E-state index in [1.807, 2.05) is 0 Å². The number of carboxylic acids is 2. The molecule has 0 spiro atoms. The standard InChI is InChI=1S/C16H26N4O8S/c1-7(21)12(16(27)28)20-15(26)10(6-29)19-14(25)9(5-11(22)23)18-13(24)8-3-2-4-17-8/h7-10,12,17,21,29H,2-6H2,1H3,(H,18,24)(H,19,25)(H,20,26)(H,22,23)(H,27,28). The van der Waals surface area contributed by atoms with Crippen LogP contribution in [0, 0.1) is 0 Å². The summed E-state index contributed by atoms with van der Waals surface area (Å²) in [5.41, 5.74) is 0. The minimum absolute atomic E-state index is 0.234. The molecule has 1 heterocycles. The minimum Gasteiger partial charge on any atom is -0.481 e. The number of rotatable bonds is 11. The van der Waals surface area contributed by atoms with E-state index in [1.54, 1.807) is 0 Å². The van der Waals surface area contributed by atoms with Crippen LogP contribution < -0.4 is 21.3 Å². The molecular formula is C16H26N4O8S. The summed E-state index contributed by atoms with van der Waals surface area (Å²) in [7, 11) is 0. The van der Waals surface area contributed by atoms with E-state index in [0.717, 1.165) is 6.42 Å². The predicted molar refractivity (Wildman–Crippen MR) is 102 cm³/mol. The Morgan fingerprint density at radius 1 is 1.07 bits per heavy atom. The van der Waals surface area contributed by atoms with E-state index in [9.17, 15) is 29.1 Å². The average molecular weight is 434 g/mol. The van der Waals surface area contributed by atoms with Gasteiger partial charge in [-0.2, -0.15) is 12.6 Å². The average Bonchev–Trinajstić information content (AvgIpc) is 3.16. The van der Waals surface area contributed by atoms with Gasteiger partial charge in [-0.25, -0.2) is 4.79 Å². The van der Waals surface area contributed by atoms with Gasteiger partial charge in [-0.3, -0.25) is 19.2 Å². The van der Waals surface area contributed by atoms with Gasteiger partial charge in [-0.05, 0) is 26.3 Å². The Bertz CT molecular complexity index is 638. The van der Waals surface area contributed by atoms with Crippen LogP contribution in [-0.4, -0.2) is 87.5 Å². The molecule has 7 N–H and O–H groups in total. The Morgan fingerprint density at radius 2 is 1.69 bits per heavy atom. The maximum absolute atomic E-state index is 12.5. The number of aliphatic hydroxyl groups is 1. The summed E-state index contributed by atoms with van der Waals surface area (Å²) >= 11 is 3.94. The second-order valence-corrected chi connectivity index (χ2v) is 6.98. The molecule has 0 saturated carbocycles. The van der Waals surface area contributed by atoms with Crippen LogP contribution in [0.5, 0.6) is 0 Å². The fourth-order valence-electron chi connectivity index (χ4n) is 2.67. The summed E-state index contributed by atoms with van der Waals surface area (Å²) in [6.45, 7) is 1.80. The van der Waals surface area contributed by atoms with Crippen molar-refractivity contribution in [3.63, 3.8) is 0 Å². The van der Waals surface area contributed by atoms with Crippen molar-refractivity contribution in [3.8, 4) is 0 Å². The summed E-state index contributed by atoms with van der Waals surface area (Å²) in [6.07, 6.45) is -0.795. The number of thiol groups is 1. The number of aliphatic hydroxyl groups excluding tert-OH is 1. The first-order chi connectivity index (χ1) is 13.6. The lowest BCUT2D eigenvalue weighted by atomic mass is 10.1. The molecule has 5 unspecified atom stereocenters. The summed E-state index contributed by atoms with van der Waals surface area (Å²) < 4.78 is 0. The fourth-order valence-corrected chi connectivity index (χ4v) is 2.93. The van der Waals surface area contributed by atoms with E-state index in [2.05, 4.69) is 33.9 Å². The van der Waals surface area contributed by atoms with Gasteiger partial charge in [-0.15, -0.1) is 0 Å². The van der Waals surface area contributed by atoms with Crippen molar-refractivity contribution in [1.82, 2.24) is 21.3 Å². The summed E-state index contributed by atoms with van der Waals surface area (Å²) in [6, 6.07) is -4.90. The monoisotopic (exact) mass is 434 g/mol. The van der Waals surface area contributed by atoms with E-state index in [-0.39, 0.29) is 5.75 Å².